The maximum atomic E-state index is 12.7. The van der Waals surface area contributed by atoms with Gasteiger partial charge in [0.1, 0.15) is 18.1 Å². The summed E-state index contributed by atoms with van der Waals surface area (Å²) < 4.78 is 0. The number of carbonyl (C=O) groups excluding carboxylic acids is 5. The number of hydrogen-bond acceptors (Lipinski definition) is 8. The third-order valence-electron chi connectivity index (χ3n) is 4.05. The molecule has 13 nitrogen and oxygen atoms in total. The third kappa shape index (κ3) is 11.8. The first-order chi connectivity index (χ1) is 14.4. The van der Waals surface area contributed by atoms with Crippen molar-refractivity contribution < 1.29 is 33.9 Å². The quantitative estimate of drug-likeness (QED) is 0.129. The van der Waals surface area contributed by atoms with Crippen molar-refractivity contribution in [2.45, 2.75) is 56.8 Å². The van der Waals surface area contributed by atoms with Gasteiger partial charge in [-0.2, -0.15) is 11.8 Å². The van der Waals surface area contributed by atoms with Crippen molar-refractivity contribution in [1.29, 1.82) is 0 Å². The molecule has 0 spiro atoms. The number of rotatable bonds is 15. The first-order valence-corrected chi connectivity index (χ1v) is 10.7. The van der Waals surface area contributed by atoms with Crippen LogP contribution in [0.4, 0.5) is 0 Å². The molecule has 0 aliphatic rings. The molecule has 0 saturated heterocycles. The van der Waals surface area contributed by atoms with E-state index in [1.54, 1.807) is 0 Å². The minimum atomic E-state index is -1.50. The molecule has 4 unspecified atom stereocenters. The normalized spacial score (nSPS) is 14.4. The van der Waals surface area contributed by atoms with E-state index in [1.165, 1.54) is 18.7 Å². The van der Waals surface area contributed by atoms with Crippen molar-refractivity contribution in [2.24, 2.45) is 17.2 Å². The van der Waals surface area contributed by atoms with E-state index in [2.05, 4.69) is 16.0 Å². The van der Waals surface area contributed by atoms with E-state index in [4.69, 9.17) is 22.3 Å². The summed E-state index contributed by atoms with van der Waals surface area (Å²) in [6.07, 6.45) is 1.13. The van der Waals surface area contributed by atoms with Crippen molar-refractivity contribution in [3.63, 3.8) is 0 Å². The van der Waals surface area contributed by atoms with Gasteiger partial charge in [-0.15, -0.1) is 0 Å². The Kier molecular flexibility index (Phi) is 12.9. The first kappa shape index (κ1) is 28.1. The van der Waals surface area contributed by atoms with Crippen molar-refractivity contribution in [3.05, 3.63) is 0 Å². The van der Waals surface area contributed by atoms with Gasteiger partial charge in [-0.05, 0) is 31.8 Å². The van der Waals surface area contributed by atoms with E-state index in [-0.39, 0.29) is 12.8 Å². The topological polar surface area (TPSA) is 237 Å². The largest absolute Gasteiger partial charge is 0.480 e. The number of nitrogens with one attached hydrogen (secondary N) is 3. The molecule has 0 aliphatic heterocycles. The fourth-order valence-electron chi connectivity index (χ4n) is 2.27. The number of amides is 5. The highest BCUT2D eigenvalue weighted by Crippen LogP contribution is 2.04. The van der Waals surface area contributed by atoms with Crippen LogP contribution in [0.5, 0.6) is 0 Å². The lowest BCUT2D eigenvalue weighted by Gasteiger charge is -2.24. The standard InChI is InChI=1S/C17H30N6O7S/c1-8(17(29)30)21-16(28)11(7-13(20)25)23-15(27)10(3-4-12(19)24)22-14(26)9(18)5-6-31-2/h8-11H,3-7,18H2,1-2H3,(H2,19,24)(H2,20,25)(H,21,28)(H,22,26)(H,23,27)(H,29,30). The zero-order valence-corrected chi connectivity index (χ0v) is 18.2. The molecule has 0 aromatic heterocycles. The summed E-state index contributed by atoms with van der Waals surface area (Å²) in [4.78, 5) is 70.6. The molecule has 14 heteroatoms. The van der Waals surface area contributed by atoms with Crippen molar-refractivity contribution in [2.75, 3.05) is 12.0 Å². The van der Waals surface area contributed by atoms with Crippen LogP contribution in [0.3, 0.4) is 0 Å². The van der Waals surface area contributed by atoms with Crippen LogP contribution in [-0.2, 0) is 28.8 Å². The van der Waals surface area contributed by atoms with E-state index < -0.39 is 66.1 Å². The van der Waals surface area contributed by atoms with Gasteiger partial charge in [0.05, 0.1) is 12.5 Å². The molecule has 0 aromatic carbocycles. The molecule has 0 saturated carbocycles. The molecule has 10 N–H and O–H groups in total. The average Bonchev–Trinajstić information content (AvgIpc) is 2.67. The molecular formula is C17H30N6O7S. The third-order valence-corrected chi connectivity index (χ3v) is 4.69. The van der Waals surface area contributed by atoms with Gasteiger partial charge in [-0.3, -0.25) is 28.8 Å². The van der Waals surface area contributed by atoms with Crippen LogP contribution in [0, 0.1) is 0 Å². The zero-order chi connectivity index (χ0) is 24.1. The molecule has 0 radical (unpaired) electrons. The minimum absolute atomic E-state index is 0.182. The van der Waals surface area contributed by atoms with E-state index >= 15 is 0 Å². The molecule has 31 heavy (non-hydrogen) atoms. The fraction of sp³-hybridized carbons (Fsp3) is 0.647. The molecule has 0 rings (SSSR count). The maximum absolute atomic E-state index is 12.7. The van der Waals surface area contributed by atoms with E-state index in [0.29, 0.717) is 12.2 Å². The Labute approximate surface area is 183 Å². The number of carboxylic acid groups (broad SMARTS) is 1. The highest BCUT2D eigenvalue weighted by atomic mass is 32.2. The smallest absolute Gasteiger partial charge is 0.325 e. The molecule has 0 aromatic rings. The van der Waals surface area contributed by atoms with Gasteiger partial charge in [0.2, 0.25) is 29.5 Å². The van der Waals surface area contributed by atoms with Crippen LogP contribution >= 0.6 is 11.8 Å². The van der Waals surface area contributed by atoms with Crippen LogP contribution in [0.2, 0.25) is 0 Å². The second kappa shape index (κ2) is 14.2. The Balaban J connectivity index is 5.38. The Morgan fingerprint density at radius 3 is 1.90 bits per heavy atom. The van der Waals surface area contributed by atoms with Crippen LogP contribution < -0.4 is 33.2 Å². The number of carbonyl (C=O) groups is 6. The summed E-state index contributed by atoms with van der Waals surface area (Å²) in [5.74, 6) is -4.87. The summed E-state index contributed by atoms with van der Waals surface area (Å²) in [5.41, 5.74) is 16.0. The SMILES string of the molecule is CSCCC(N)C(=O)NC(CCC(N)=O)C(=O)NC(CC(N)=O)C(=O)NC(C)C(=O)O. The molecule has 4 atom stereocenters. The second-order valence-corrected chi connectivity index (χ2v) is 7.74. The number of thioether (sulfide) groups is 1. The number of nitrogens with two attached hydrogens (primary N) is 3. The van der Waals surface area contributed by atoms with E-state index in [0.717, 1.165) is 0 Å². The van der Waals surface area contributed by atoms with Crippen LogP contribution in [0.15, 0.2) is 0 Å². The average molecular weight is 463 g/mol. The fourth-order valence-corrected chi connectivity index (χ4v) is 2.76. The zero-order valence-electron chi connectivity index (χ0n) is 17.4. The molecule has 0 fully saturated rings. The molecule has 5 amide bonds. The molecule has 0 heterocycles. The van der Waals surface area contributed by atoms with Gasteiger partial charge in [0, 0.05) is 6.42 Å². The Morgan fingerprint density at radius 2 is 1.42 bits per heavy atom. The van der Waals surface area contributed by atoms with Gasteiger partial charge in [0.25, 0.3) is 0 Å². The molecule has 0 aliphatic carbocycles. The summed E-state index contributed by atoms with van der Waals surface area (Å²) >= 11 is 1.48. The van der Waals surface area contributed by atoms with Gasteiger partial charge in [-0.25, -0.2) is 0 Å². The highest BCUT2D eigenvalue weighted by molar-refractivity contribution is 7.98. The number of carboxylic acids is 1. The first-order valence-electron chi connectivity index (χ1n) is 9.34. The minimum Gasteiger partial charge on any atom is -0.480 e. The molecule has 0 bridgehead atoms. The predicted octanol–water partition coefficient (Wildman–Crippen LogP) is -3.23. The van der Waals surface area contributed by atoms with E-state index in [9.17, 15) is 28.8 Å². The lowest BCUT2D eigenvalue weighted by Crippen LogP contribution is -2.57. The van der Waals surface area contributed by atoms with Gasteiger partial charge in [0.15, 0.2) is 0 Å². The van der Waals surface area contributed by atoms with Gasteiger partial charge < -0.3 is 38.3 Å². The van der Waals surface area contributed by atoms with Crippen molar-refractivity contribution in [3.8, 4) is 0 Å². The number of hydrogen-bond donors (Lipinski definition) is 7. The molecule has 176 valence electrons. The van der Waals surface area contributed by atoms with Crippen molar-refractivity contribution in [1.82, 2.24) is 16.0 Å². The highest BCUT2D eigenvalue weighted by Gasteiger charge is 2.30. The Bertz CT molecular complexity index is 690. The number of primary amides is 2. The van der Waals surface area contributed by atoms with Crippen LogP contribution in [0.1, 0.15) is 32.6 Å². The van der Waals surface area contributed by atoms with Crippen LogP contribution in [-0.4, -0.2) is 76.8 Å². The molecular weight excluding hydrogens is 432 g/mol. The van der Waals surface area contributed by atoms with Gasteiger partial charge >= 0.3 is 5.97 Å². The summed E-state index contributed by atoms with van der Waals surface area (Å²) in [6.45, 7) is 1.19. The summed E-state index contributed by atoms with van der Waals surface area (Å²) in [6, 6.07) is -4.97. The number of aliphatic carboxylic acids is 1. The summed E-state index contributed by atoms with van der Waals surface area (Å²) in [7, 11) is 0. The summed E-state index contributed by atoms with van der Waals surface area (Å²) in [5, 5.41) is 15.7. The van der Waals surface area contributed by atoms with Crippen LogP contribution in [0.25, 0.3) is 0 Å². The lowest BCUT2D eigenvalue weighted by molar-refractivity contribution is -0.142. The predicted molar refractivity (Wildman–Crippen MR) is 112 cm³/mol. The Hall–Kier alpha value is -2.87. The monoisotopic (exact) mass is 462 g/mol. The van der Waals surface area contributed by atoms with E-state index in [1.807, 2.05) is 6.26 Å². The lowest BCUT2D eigenvalue weighted by atomic mass is 10.1. The van der Waals surface area contributed by atoms with Crippen molar-refractivity contribution >= 4 is 47.3 Å². The van der Waals surface area contributed by atoms with Gasteiger partial charge in [-0.1, -0.05) is 0 Å². The second-order valence-electron chi connectivity index (χ2n) is 6.75. The Morgan fingerprint density at radius 1 is 0.871 bits per heavy atom. The maximum Gasteiger partial charge on any atom is 0.325 e.